The Morgan fingerprint density at radius 2 is 1.68 bits per heavy atom. The Kier molecular flexibility index (Phi) is 6.10. The molecule has 1 aliphatic rings. The SMILES string of the molecule is CC(=O)Nc1cccc(C(=O)OCC(=O)N2CCN(C(C)=O)CC2)c1. The molecule has 1 aromatic carbocycles. The average Bonchev–Trinajstić information content (AvgIpc) is 2.59. The van der Waals surface area contributed by atoms with Gasteiger partial charge in [0.15, 0.2) is 6.61 Å². The molecule has 0 atom stereocenters. The average molecular weight is 347 g/mol. The summed E-state index contributed by atoms with van der Waals surface area (Å²) in [4.78, 5) is 49.7. The molecule has 0 saturated carbocycles. The lowest BCUT2D eigenvalue weighted by molar-refractivity contribution is -0.140. The van der Waals surface area contributed by atoms with Crippen LogP contribution in [0.4, 0.5) is 5.69 Å². The van der Waals surface area contributed by atoms with Gasteiger partial charge >= 0.3 is 5.97 Å². The van der Waals surface area contributed by atoms with E-state index in [0.29, 0.717) is 31.9 Å². The van der Waals surface area contributed by atoms with Gasteiger partial charge in [-0.2, -0.15) is 0 Å². The zero-order valence-corrected chi connectivity index (χ0v) is 14.3. The van der Waals surface area contributed by atoms with Crippen LogP contribution in [0.2, 0.25) is 0 Å². The van der Waals surface area contributed by atoms with Gasteiger partial charge in [-0.25, -0.2) is 4.79 Å². The first-order valence-corrected chi connectivity index (χ1v) is 7.95. The van der Waals surface area contributed by atoms with Crippen LogP contribution >= 0.6 is 0 Å². The molecule has 0 spiro atoms. The van der Waals surface area contributed by atoms with Gasteiger partial charge < -0.3 is 19.9 Å². The van der Waals surface area contributed by atoms with Crippen LogP contribution in [-0.2, 0) is 19.1 Å². The van der Waals surface area contributed by atoms with Crippen LogP contribution in [0.15, 0.2) is 24.3 Å². The van der Waals surface area contributed by atoms with Crippen LogP contribution in [0.5, 0.6) is 0 Å². The Hall–Kier alpha value is -2.90. The number of ether oxygens (including phenoxy) is 1. The largest absolute Gasteiger partial charge is 0.452 e. The summed E-state index contributed by atoms with van der Waals surface area (Å²) in [5.74, 6) is -1.19. The van der Waals surface area contributed by atoms with Crippen molar-refractivity contribution in [3.63, 3.8) is 0 Å². The van der Waals surface area contributed by atoms with E-state index >= 15 is 0 Å². The Bertz CT molecular complexity index is 681. The maximum atomic E-state index is 12.1. The molecule has 3 amide bonds. The summed E-state index contributed by atoms with van der Waals surface area (Å²) >= 11 is 0. The fourth-order valence-electron chi connectivity index (χ4n) is 2.50. The molecule has 0 unspecified atom stereocenters. The number of benzene rings is 1. The minimum Gasteiger partial charge on any atom is -0.452 e. The Balaban J connectivity index is 1.84. The van der Waals surface area contributed by atoms with Crippen LogP contribution in [0.3, 0.4) is 0 Å². The second kappa shape index (κ2) is 8.27. The summed E-state index contributed by atoms with van der Waals surface area (Å²) in [6.45, 7) is 4.32. The lowest BCUT2D eigenvalue weighted by Crippen LogP contribution is -2.51. The lowest BCUT2D eigenvalue weighted by Gasteiger charge is -2.34. The van der Waals surface area contributed by atoms with Crippen molar-refractivity contribution in [2.75, 3.05) is 38.1 Å². The molecule has 25 heavy (non-hydrogen) atoms. The monoisotopic (exact) mass is 347 g/mol. The number of carbonyl (C=O) groups is 4. The summed E-state index contributed by atoms with van der Waals surface area (Å²) < 4.78 is 5.05. The molecule has 1 heterocycles. The molecule has 0 bridgehead atoms. The van der Waals surface area contributed by atoms with E-state index in [-0.39, 0.29) is 29.9 Å². The Morgan fingerprint density at radius 1 is 1.04 bits per heavy atom. The lowest BCUT2D eigenvalue weighted by atomic mass is 10.2. The molecule has 8 nitrogen and oxygen atoms in total. The number of amides is 3. The molecule has 2 rings (SSSR count). The predicted molar refractivity (Wildman–Crippen MR) is 89.9 cm³/mol. The number of nitrogens with one attached hydrogen (secondary N) is 1. The van der Waals surface area contributed by atoms with Crippen LogP contribution in [0.25, 0.3) is 0 Å². The van der Waals surface area contributed by atoms with Gasteiger partial charge in [-0.1, -0.05) is 6.07 Å². The van der Waals surface area contributed by atoms with Crippen molar-refractivity contribution in [2.24, 2.45) is 0 Å². The van der Waals surface area contributed by atoms with Gasteiger partial charge in [0.25, 0.3) is 5.91 Å². The van der Waals surface area contributed by atoms with E-state index in [0.717, 1.165) is 0 Å². The molecule has 1 aromatic rings. The number of carbonyl (C=O) groups excluding carboxylic acids is 4. The zero-order valence-electron chi connectivity index (χ0n) is 14.3. The summed E-state index contributed by atoms with van der Waals surface area (Å²) in [5, 5.41) is 2.58. The summed E-state index contributed by atoms with van der Waals surface area (Å²) in [6.07, 6.45) is 0. The molecule has 0 aliphatic carbocycles. The van der Waals surface area contributed by atoms with Gasteiger partial charge in [0.05, 0.1) is 5.56 Å². The molecule has 1 fully saturated rings. The molecular formula is C17H21N3O5. The minimum absolute atomic E-state index is 0.0161. The van der Waals surface area contributed by atoms with Crippen molar-refractivity contribution < 1.29 is 23.9 Å². The highest BCUT2D eigenvalue weighted by molar-refractivity contribution is 5.94. The quantitative estimate of drug-likeness (QED) is 0.800. The number of anilines is 1. The number of esters is 1. The molecule has 0 radical (unpaired) electrons. The van der Waals surface area contributed by atoms with Crippen molar-refractivity contribution in [1.29, 1.82) is 0 Å². The third-order valence-corrected chi connectivity index (χ3v) is 3.82. The van der Waals surface area contributed by atoms with E-state index in [9.17, 15) is 19.2 Å². The standard InChI is InChI=1S/C17H21N3O5/c1-12(21)18-15-5-3-4-14(10-15)17(24)25-11-16(23)20-8-6-19(7-9-20)13(2)22/h3-5,10H,6-9,11H2,1-2H3,(H,18,21). The number of rotatable bonds is 4. The number of hydrogen-bond donors (Lipinski definition) is 1. The maximum absolute atomic E-state index is 12.1. The van der Waals surface area contributed by atoms with Crippen LogP contribution in [-0.4, -0.2) is 66.3 Å². The summed E-state index contributed by atoms with van der Waals surface area (Å²) in [7, 11) is 0. The summed E-state index contributed by atoms with van der Waals surface area (Å²) in [5.41, 5.74) is 0.731. The van der Waals surface area contributed by atoms with Crippen LogP contribution in [0, 0.1) is 0 Å². The Labute approximate surface area is 145 Å². The van der Waals surface area contributed by atoms with Crippen LogP contribution in [0.1, 0.15) is 24.2 Å². The normalized spacial score (nSPS) is 14.0. The van der Waals surface area contributed by atoms with E-state index in [4.69, 9.17) is 4.74 Å². The minimum atomic E-state index is -0.636. The van der Waals surface area contributed by atoms with Crippen LogP contribution < -0.4 is 5.32 Å². The fourth-order valence-corrected chi connectivity index (χ4v) is 2.50. The zero-order chi connectivity index (χ0) is 18.4. The Morgan fingerprint density at radius 3 is 2.28 bits per heavy atom. The number of nitrogens with zero attached hydrogens (tertiary/aromatic N) is 2. The smallest absolute Gasteiger partial charge is 0.338 e. The van der Waals surface area contributed by atoms with Crippen molar-refractivity contribution in [3.05, 3.63) is 29.8 Å². The van der Waals surface area contributed by atoms with Gasteiger partial charge in [0.1, 0.15) is 0 Å². The van der Waals surface area contributed by atoms with E-state index in [1.165, 1.54) is 19.9 Å². The topological polar surface area (TPSA) is 96.0 Å². The highest BCUT2D eigenvalue weighted by Gasteiger charge is 2.23. The van der Waals surface area contributed by atoms with Crippen molar-refractivity contribution in [3.8, 4) is 0 Å². The molecular weight excluding hydrogens is 326 g/mol. The molecule has 1 saturated heterocycles. The molecule has 1 N–H and O–H groups in total. The second-order valence-electron chi connectivity index (χ2n) is 5.72. The van der Waals surface area contributed by atoms with E-state index in [1.54, 1.807) is 28.0 Å². The predicted octanol–water partition coefficient (Wildman–Crippen LogP) is 0.492. The van der Waals surface area contributed by atoms with Gasteiger partial charge in [-0.3, -0.25) is 14.4 Å². The van der Waals surface area contributed by atoms with E-state index in [1.807, 2.05) is 0 Å². The molecule has 0 aromatic heterocycles. The van der Waals surface area contributed by atoms with E-state index in [2.05, 4.69) is 5.32 Å². The highest BCUT2D eigenvalue weighted by Crippen LogP contribution is 2.12. The second-order valence-corrected chi connectivity index (χ2v) is 5.72. The van der Waals surface area contributed by atoms with Gasteiger partial charge in [0.2, 0.25) is 11.8 Å². The van der Waals surface area contributed by atoms with Crippen molar-refractivity contribution >= 4 is 29.4 Å². The first-order valence-electron chi connectivity index (χ1n) is 7.95. The van der Waals surface area contributed by atoms with Crippen molar-refractivity contribution in [2.45, 2.75) is 13.8 Å². The third kappa shape index (κ3) is 5.30. The third-order valence-electron chi connectivity index (χ3n) is 3.82. The maximum Gasteiger partial charge on any atom is 0.338 e. The van der Waals surface area contributed by atoms with Gasteiger partial charge in [0, 0.05) is 45.7 Å². The van der Waals surface area contributed by atoms with E-state index < -0.39 is 5.97 Å². The number of hydrogen-bond acceptors (Lipinski definition) is 5. The van der Waals surface area contributed by atoms with Crippen molar-refractivity contribution in [1.82, 2.24) is 9.80 Å². The first-order chi connectivity index (χ1) is 11.9. The van der Waals surface area contributed by atoms with Gasteiger partial charge in [-0.05, 0) is 18.2 Å². The number of piperazine rings is 1. The molecule has 8 heteroatoms. The first kappa shape index (κ1) is 18.4. The molecule has 134 valence electrons. The summed E-state index contributed by atoms with van der Waals surface area (Å²) in [6, 6.07) is 6.30. The molecule has 1 aliphatic heterocycles. The fraction of sp³-hybridized carbons (Fsp3) is 0.412. The highest BCUT2D eigenvalue weighted by atomic mass is 16.5. The van der Waals surface area contributed by atoms with Gasteiger partial charge in [-0.15, -0.1) is 0 Å².